The number of hydrogen-bond acceptors (Lipinski definition) is 3. The number of anilines is 2. The van der Waals surface area contributed by atoms with Gasteiger partial charge in [0, 0.05) is 24.5 Å². The fraction of sp³-hybridized carbons (Fsp3) is 0.571. The molecule has 0 unspecified atom stereocenters. The lowest BCUT2D eigenvalue weighted by Gasteiger charge is -2.18. The van der Waals surface area contributed by atoms with Gasteiger partial charge < -0.3 is 15.4 Å². The Labute approximate surface area is 191 Å². The number of benzene rings is 2. The van der Waals surface area contributed by atoms with Crippen molar-refractivity contribution in [2.45, 2.75) is 79.1 Å². The SMILES string of the molecule is CC(C)c1ccc(NCCOCCNc2ccc(C(C)C)cc2C(C)C)c(C(C)C)c1. The second kappa shape index (κ2) is 12.1. The summed E-state index contributed by atoms with van der Waals surface area (Å²) in [6.07, 6.45) is 0. The summed E-state index contributed by atoms with van der Waals surface area (Å²) in [6, 6.07) is 13.6. The summed E-state index contributed by atoms with van der Waals surface area (Å²) in [4.78, 5) is 0. The number of ether oxygens (including phenoxy) is 1. The largest absolute Gasteiger partial charge is 0.382 e. The second-order valence-electron chi connectivity index (χ2n) is 9.78. The Morgan fingerprint density at radius 3 is 1.29 bits per heavy atom. The maximum absolute atomic E-state index is 5.88. The Hall–Kier alpha value is -2.00. The summed E-state index contributed by atoms with van der Waals surface area (Å²) in [5.74, 6) is 2.12. The van der Waals surface area contributed by atoms with Gasteiger partial charge in [-0.1, -0.05) is 79.7 Å². The monoisotopic (exact) mass is 424 g/mol. The molecule has 0 bridgehead atoms. The minimum absolute atomic E-state index is 0.503. The van der Waals surface area contributed by atoms with E-state index in [1.165, 1.54) is 33.6 Å². The van der Waals surface area contributed by atoms with E-state index in [1.54, 1.807) is 0 Å². The molecule has 0 amide bonds. The normalized spacial score (nSPS) is 11.7. The van der Waals surface area contributed by atoms with Crippen LogP contribution in [0.25, 0.3) is 0 Å². The van der Waals surface area contributed by atoms with Crippen molar-refractivity contribution in [2.75, 3.05) is 36.9 Å². The van der Waals surface area contributed by atoms with Crippen LogP contribution in [-0.2, 0) is 4.74 Å². The Balaban J connectivity index is 1.78. The highest BCUT2D eigenvalue weighted by Crippen LogP contribution is 2.29. The topological polar surface area (TPSA) is 33.3 Å². The van der Waals surface area contributed by atoms with E-state index in [9.17, 15) is 0 Å². The van der Waals surface area contributed by atoms with Crippen molar-refractivity contribution in [1.82, 2.24) is 0 Å². The van der Waals surface area contributed by atoms with Crippen LogP contribution in [0.2, 0.25) is 0 Å². The fourth-order valence-corrected chi connectivity index (χ4v) is 3.78. The van der Waals surface area contributed by atoms with Crippen molar-refractivity contribution >= 4 is 11.4 Å². The summed E-state index contributed by atoms with van der Waals surface area (Å²) >= 11 is 0. The molecule has 0 spiro atoms. The highest BCUT2D eigenvalue weighted by molar-refractivity contribution is 5.55. The Kier molecular flexibility index (Phi) is 9.90. The van der Waals surface area contributed by atoms with Crippen LogP contribution in [0.1, 0.15) is 101 Å². The van der Waals surface area contributed by atoms with Gasteiger partial charge >= 0.3 is 0 Å². The molecular formula is C28H44N2O. The highest BCUT2D eigenvalue weighted by atomic mass is 16.5. The van der Waals surface area contributed by atoms with Crippen LogP contribution in [0.15, 0.2) is 36.4 Å². The first-order valence-corrected chi connectivity index (χ1v) is 12.0. The summed E-state index contributed by atoms with van der Waals surface area (Å²) < 4.78 is 5.88. The Bertz CT molecular complexity index is 741. The molecule has 0 fully saturated rings. The molecule has 0 saturated carbocycles. The second-order valence-corrected chi connectivity index (χ2v) is 9.78. The zero-order chi connectivity index (χ0) is 23.0. The first-order chi connectivity index (χ1) is 14.7. The predicted octanol–water partition coefficient (Wildman–Crippen LogP) is 7.72. The summed E-state index contributed by atoms with van der Waals surface area (Å²) in [5, 5.41) is 7.13. The lowest BCUT2D eigenvalue weighted by molar-refractivity contribution is 0.154. The van der Waals surface area contributed by atoms with Crippen molar-refractivity contribution in [3.63, 3.8) is 0 Å². The van der Waals surface area contributed by atoms with E-state index in [1.807, 2.05) is 0 Å². The molecule has 0 atom stereocenters. The maximum atomic E-state index is 5.88. The molecule has 2 aromatic rings. The Morgan fingerprint density at radius 1 is 0.581 bits per heavy atom. The van der Waals surface area contributed by atoms with Gasteiger partial charge in [-0.15, -0.1) is 0 Å². The molecular weight excluding hydrogens is 380 g/mol. The first-order valence-electron chi connectivity index (χ1n) is 12.0. The number of nitrogens with one attached hydrogen (secondary N) is 2. The van der Waals surface area contributed by atoms with Crippen LogP contribution >= 0.6 is 0 Å². The lowest BCUT2D eigenvalue weighted by atomic mass is 9.94. The van der Waals surface area contributed by atoms with Crippen LogP contribution in [0.4, 0.5) is 11.4 Å². The van der Waals surface area contributed by atoms with Crippen molar-refractivity contribution in [1.29, 1.82) is 0 Å². The van der Waals surface area contributed by atoms with Crippen LogP contribution in [0.3, 0.4) is 0 Å². The maximum Gasteiger partial charge on any atom is 0.0639 e. The molecule has 3 heteroatoms. The molecule has 3 nitrogen and oxygen atoms in total. The summed E-state index contributed by atoms with van der Waals surface area (Å²) in [7, 11) is 0. The van der Waals surface area contributed by atoms with Crippen LogP contribution < -0.4 is 10.6 Å². The van der Waals surface area contributed by atoms with Gasteiger partial charge in [0.25, 0.3) is 0 Å². The molecule has 0 heterocycles. The lowest BCUT2D eigenvalue weighted by Crippen LogP contribution is -2.16. The van der Waals surface area contributed by atoms with Gasteiger partial charge in [0.05, 0.1) is 13.2 Å². The molecule has 0 aliphatic carbocycles. The van der Waals surface area contributed by atoms with E-state index in [0.717, 1.165) is 13.1 Å². The highest BCUT2D eigenvalue weighted by Gasteiger charge is 2.11. The van der Waals surface area contributed by atoms with E-state index in [0.29, 0.717) is 36.9 Å². The van der Waals surface area contributed by atoms with Crippen molar-refractivity contribution in [3.05, 3.63) is 58.7 Å². The molecule has 0 aliphatic heterocycles. The third kappa shape index (κ3) is 7.57. The zero-order valence-corrected chi connectivity index (χ0v) is 21.0. The summed E-state index contributed by atoms with van der Waals surface area (Å²) in [5.41, 5.74) is 8.04. The van der Waals surface area contributed by atoms with E-state index in [2.05, 4.69) is 102 Å². The standard InChI is InChI=1S/C28H44N2O/c1-19(2)23-9-11-27(25(17-23)21(5)6)29-13-15-31-16-14-30-28-12-10-24(20(3)4)18-26(28)22(7)8/h9-12,17-22,29-30H,13-16H2,1-8H3. The number of hydrogen-bond donors (Lipinski definition) is 2. The molecule has 0 saturated heterocycles. The van der Waals surface area contributed by atoms with Crippen molar-refractivity contribution in [3.8, 4) is 0 Å². The molecule has 31 heavy (non-hydrogen) atoms. The van der Waals surface area contributed by atoms with Gasteiger partial charge in [0.1, 0.15) is 0 Å². The first kappa shape index (κ1) is 25.3. The average molecular weight is 425 g/mol. The van der Waals surface area contributed by atoms with E-state index < -0.39 is 0 Å². The van der Waals surface area contributed by atoms with Gasteiger partial charge in [0.2, 0.25) is 0 Å². The van der Waals surface area contributed by atoms with Gasteiger partial charge in [0.15, 0.2) is 0 Å². The van der Waals surface area contributed by atoms with Gasteiger partial charge in [-0.3, -0.25) is 0 Å². The smallest absolute Gasteiger partial charge is 0.0639 e. The number of rotatable bonds is 12. The quantitative estimate of drug-likeness (QED) is 0.342. The summed E-state index contributed by atoms with van der Waals surface area (Å²) in [6.45, 7) is 21.1. The molecule has 172 valence electrons. The minimum Gasteiger partial charge on any atom is -0.382 e. The van der Waals surface area contributed by atoms with Crippen LogP contribution in [0, 0.1) is 0 Å². The van der Waals surface area contributed by atoms with Gasteiger partial charge in [-0.05, 0) is 58.1 Å². The van der Waals surface area contributed by atoms with Gasteiger partial charge in [-0.25, -0.2) is 0 Å². The van der Waals surface area contributed by atoms with E-state index in [4.69, 9.17) is 4.74 Å². The molecule has 2 rings (SSSR count). The molecule has 0 aromatic heterocycles. The Morgan fingerprint density at radius 2 is 0.968 bits per heavy atom. The minimum atomic E-state index is 0.503. The molecule has 0 radical (unpaired) electrons. The third-order valence-electron chi connectivity index (χ3n) is 5.85. The zero-order valence-electron chi connectivity index (χ0n) is 21.0. The van der Waals surface area contributed by atoms with Crippen molar-refractivity contribution in [2.24, 2.45) is 0 Å². The average Bonchev–Trinajstić information content (AvgIpc) is 2.72. The van der Waals surface area contributed by atoms with E-state index >= 15 is 0 Å². The predicted molar refractivity (Wildman–Crippen MR) is 137 cm³/mol. The third-order valence-corrected chi connectivity index (χ3v) is 5.85. The van der Waals surface area contributed by atoms with Crippen LogP contribution in [0.5, 0.6) is 0 Å². The van der Waals surface area contributed by atoms with Crippen molar-refractivity contribution < 1.29 is 4.74 Å². The molecule has 2 aromatic carbocycles. The van der Waals surface area contributed by atoms with Crippen LogP contribution in [-0.4, -0.2) is 26.3 Å². The molecule has 2 N–H and O–H groups in total. The molecule has 0 aliphatic rings. The van der Waals surface area contributed by atoms with E-state index in [-0.39, 0.29) is 0 Å². The van der Waals surface area contributed by atoms with Gasteiger partial charge in [-0.2, -0.15) is 0 Å². The fourth-order valence-electron chi connectivity index (χ4n) is 3.78.